The van der Waals surface area contributed by atoms with E-state index in [9.17, 15) is 4.79 Å². The summed E-state index contributed by atoms with van der Waals surface area (Å²) < 4.78 is 12.1. The number of carbonyl (C=O) groups is 1. The molecule has 4 nitrogen and oxygen atoms in total. The van der Waals surface area contributed by atoms with Crippen molar-refractivity contribution in [2.45, 2.75) is 96.2 Å². The Morgan fingerprint density at radius 1 is 1.00 bits per heavy atom. The van der Waals surface area contributed by atoms with Crippen molar-refractivity contribution in [2.24, 2.45) is 11.8 Å². The highest BCUT2D eigenvalue weighted by Crippen LogP contribution is 2.45. The number of hydrogen-bond acceptors (Lipinski definition) is 3. The molecule has 2 aliphatic rings. The molecule has 2 rings (SSSR count). The molecule has 4 heteroatoms. The van der Waals surface area contributed by atoms with Gasteiger partial charge in [-0.05, 0) is 38.0 Å². The van der Waals surface area contributed by atoms with Gasteiger partial charge in [-0.2, -0.15) is 0 Å². The summed E-state index contributed by atoms with van der Waals surface area (Å²) in [4.78, 5) is 10.5. The summed E-state index contributed by atoms with van der Waals surface area (Å²) in [5.41, 5.74) is 0. The summed E-state index contributed by atoms with van der Waals surface area (Å²) in [6.45, 7) is 4.01. The molecular formula is C20H36O4. The van der Waals surface area contributed by atoms with Crippen molar-refractivity contribution in [1.82, 2.24) is 0 Å². The fourth-order valence-corrected chi connectivity index (χ4v) is 4.36. The summed E-state index contributed by atoms with van der Waals surface area (Å²) in [7, 11) is 0. The van der Waals surface area contributed by atoms with Crippen molar-refractivity contribution in [3.05, 3.63) is 0 Å². The van der Waals surface area contributed by atoms with Crippen LogP contribution < -0.4 is 0 Å². The molecule has 2 heterocycles. The summed E-state index contributed by atoms with van der Waals surface area (Å²) in [5, 5.41) is 8.67. The number of fused-ring (bicyclic) bond motifs is 2. The van der Waals surface area contributed by atoms with Crippen LogP contribution in [0.5, 0.6) is 0 Å². The first-order valence-corrected chi connectivity index (χ1v) is 10.2. The normalized spacial score (nSPS) is 28.5. The zero-order chi connectivity index (χ0) is 17.2. The Balaban J connectivity index is 1.59. The lowest BCUT2D eigenvalue weighted by molar-refractivity contribution is -0.137. The number of carboxylic acids is 1. The average molecular weight is 341 g/mol. The molecule has 0 spiro atoms. The molecule has 140 valence electrons. The first-order chi connectivity index (χ1) is 11.7. The van der Waals surface area contributed by atoms with Crippen molar-refractivity contribution >= 4 is 5.97 Å². The second kappa shape index (κ2) is 11.1. The predicted octanol–water partition coefficient (Wildman–Crippen LogP) is 4.80. The van der Waals surface area contributed by atoms with Gasteiger partial charge in [-0.15, -0.1) is 0 Å². The van der Waals surface area contributed by atoms with Crippen molar-refractivity contribution in [2.75, 3.05) is 13.2 Å². The highest BCUT2D eigenvalue weighted by Gasteiger charge is 2.48. The lowest BCUT2D eigenvalue weighted by atomic mass is 9.77. The molecule has 4 atom stereocenters. The summed E-state index contributed by atoms with van der Waals surface area (Å²) in [6, 6.07) is 0. The highest BCUT2D eigenvalue weighted by molar-refractivity contribution is 5.66. The van der Waals surface area contributed by atoms with E-state index in [1.807, 2.05) is 0 Å². The van der Waals surface area contributed by atoms with E-state index in [1.165, 1.54) is 51.4 Å². The maximum Gasteiger partial charge on any atom is 0.303 e. The largest absolute Gasteiger partial charge is 0.481 e. The van der Waals surface area contributed by atoms with E-state index in [1.54, 1.807) is 0 Å². The van der Waals surface area contributed by atoms with Gasteiger partial charge in [0.2, 0.25) is 0 Å². The van der Waals surface area contributed by atoms with Crippen LogP contribution in [0.4, 0.5) is 0 Å². The minimum Gasteiger partial charge on any atom is -0.481 e. The Kier molecular flexibility index (Phi) is 9.11. The smallest absolute Gasteiger partial charge is 0.303 e. The number of hydrogen-bond donors (Lipinski definition) is 1. The van der Waals surface area contributed by atoms with Gasteiger partial charge in [0.05, 0.1) is 18.8 Å². The van der Waals surface area contributed by atoms with Crippen LogP contribution in [0.25, 0.3) is 0 Å². The van der Waals surface area contributed by atoms with Gasteiger partial charge in [-0.3, -0.25) is 4.79 Å². The molecule has 0 aromatic carbocycles. The average Bonchev–Trinajstić information content (AvgIpc) is 3.15. The Morgan fingerprint density at radius 2 is 1.71 bits per heavy atom. The van der Waals surface area contributed by atoms with Gasteiger partial charge in [-0.25, -0.2) is 0 Å². The molecular weight excluding hydrogens is 304 g/mol. The predicted molar refractivity (Wildman–Crippen MR) is 95.2 cm³/mol. The number of aliphatic carboxylic acids is 1. The second-order valence-corrected chi connectivity index (χ2v) is 7.60. The van der Waals surface area contributed by atoms with Crippen LogP contribution in [0.3, 0.4) is 0 Å². The van der Waals surface area contributed by atoms with Gasteiger partial charge in [-0.1, -0.05) is 45.4 Å². The summed E-state index contributed by atoms with van der Waals surface area (Å²) in [5.74, 6) is 0.584. The third kappa shape index (κ3) is 6.36. The lowest BCUT2D eigenvalue weighted by Crippen LogP contribution is -2.31. The van der Waals surface area contributed by atoms with Crippen molar-refractivity contribution in [3.63, 3.8) is 0 Å². The van der Waals surface area contributed by atoms with Gasteiger partial charge in [0.15, 0.2) is 0 Å². The Bertz CT molecular complexity index is 358. The third-order valence-corrected chi connectivity index (χ3v) is 5.72. The molecule has 24 heavy (non-hydrogen) atoms. The number of ether oxygens (including phenoxy) is 2. The quantitative estimate of drug-likeness (QED) is 0.461. The molecule has 0 amide bonds. The molecule has 2 bridgehead atoms. The lowest BCUT2D eigenvalue weighted by Gasteiger charge is -2.28. The first-order valence-electron chi connectivity index (χ1n) is 10.2. The van der Waals surface area contributed by atoms with Crippen LogP contribution in [0.2, 0.25) is 0 Å². The van der Waals surface area contributed by atoms with Crippen LogP contribution in [0.15, 0.2) is 0 Å². The van der Waals surface area contributed by atoms with Crippen LogP contribution in [0.1, 0.15) is 84.0 Å². The fourth-order valence-electron chi connectivity index (χ4n) is 4.36. The monoisotopic (exact) mass is 340 g/mol. The highest BCUT2D eigenvalue weighted by atomic mass is 16.5. The minimum atomic E-state index is -0.673. The van der Waals surface area contributed by atoms with Crippen molar-refractivity contribution < 1.29 is 19.4 Å². The van der Waals surface area contributed by atoms with Gasteiger partial charge in [0.1, 0.15) is 0 Å². The number of unbranched alkanes of at least 4 members (excludes halogenated alkanes) is 6. The topological polar surface area (TPSA) is 55.8 Å². The van der Waals surface area contributed by atoms with Gasteiger partial charge < -0.3 is 14.6 Å². The Morgan fingerprint density at radius 3 is 2.46 bits per heavy atom. The molecule has 0 aliphatic carbocycles. The van der Waals surface area contributed by atoms with E-state index in [0.29, 0.717) is 30.5 Å². The van der Waals surface area contributed by atoms with E-state index in [2.05, 4.69) is 6.92 Å². The maximum atomic E-state index is 10.5. The molecule has 0 radical (unpaired) electrons. The fraction of sp³-hybridized carbons (Fsp3) is 0.950. The van der Waals surface area contributed by atoms with Crippen LogP contribution in [-0.4, -0.2) is 36.5 Å². The zero-order valence-corrected chi connectivity index (χ0v) is 15.4. The minimum absolute atomic E-state index is 0.311. The van der Waals surface area contributed by atoms with E-state index >= 15 is 0 Å². The Hall–Kier alpha value is -0.610. The SMILES string of the molecule is CCCCCCOC[C@H]1[C@@H](CCCCCCC(=O)O)[C@H]2CC[C@@H]1O2. The van der Waals surface area contributed by atoms with Crippen molar-refractivity contribution in [3.8, 4) is 0 Å². The zero-order valence-electron chi connectivity index (χ0n) is 15.4. The summed E-state index contributed by atoms with van der Waals surface area (Å²) in [6.07, 6.45) is 14.1. The van der Waals surface area contributed by atoms with Crippen LogP contribution in [0, 0.1) is 11.8 Å². The standard InChI is InChI=1S/C20H36O4/c1-2-3-4-9-14-23-15-17-16(18-12-13-19(17)24-18)10-7-5-6-8-11-20(21)22/h16-19H,2-15H2,1H3,(H,21,22)/t16-,17+,18-,19+/m1/s1. The van der Waals surface area contributed by atoms with E-state index in [4.69, 9.17) is 14.6 Å². The molecule has 0 unspecified atom stereocenters. The van der Waals surface area contributed by atoms with E-state index in [-0.39, 0.29) is 0 Å². The van der Waals surface area contributed by atoms with E-state index < -0.39 is 5.97 Å². The molecule has 0 aromatic rings. The number of carboxylic acid groups (broad SMARTS) is 1. The first kappa shape index (κ1) is 19.7. The molecule has 2 fully saturated rings. The van der Waals surface area contributed by atoms with Crippen LogP contribution >= 0.6 is 0 Å². The van der Waals surface area contributed by atoms with Crippen LogP contribution in [-0.2, 0) is 14.3 Å². The van der Waals surface area contributed by atoms with Gasteiger partial charge in [0.25, 0.3) is 0 Å². The van der Waals surface area contributed by atoms with Gasteiger partial charge >= 0.3 is 5.97 Å². The van der Waals surface area contributed by atoms with Crippen molar-refractivity contribution in [1.29, 1.82) is 0 Å². The number of rotatable bonds is 14. The van der Waals surface area contributed by atoms with E-state index in [0.717, 1.165) is 32.5 Å². The third-order valence-electron chi connectivity index (χ3n) is 5.72. The maximum absolute atomic E-state index is 10.5. The molecule has 2 aliphatic heterocycles. The van der Waals surface area contributed by atoms with Gasteiger partial charge in [0, 0.05) is 18.9 Å². The molecule has 1 N–H and O–H groups in total. The second-order valence-electron chi connectivity index (χ2n) is 7.60. The Labute approximate surface area is 147 Å². The molecule has 0 saturated carbocycles. The molecule has 2 saturated heterocycles. The molecule has 0 aromatic heterocycles. The summed E-state index contributed by atoms with van der Waals surface area (Å²) >= 11 is 0.